The zero-order valence-electron chi connectivity index (χ0n) is 16.6. The van der Waals surface area contributed by atoms with Crippen molar-refractivity contribution in [3.05, 3.63) is 61.3 Å². The smallest absolute Gasteiger partial charge is 0.332 e. The summed E-state index contributed by atoms with van der Waals surface area (Å²) in [5.74, 6) is 0.590. The molecule has 29 heavy (non-hydrogen) atoms. The lowest BCUT2D eigenvalue weighted by atomic mass is 9.95. The van der Waals surface area contributed by atoms with Gasteiger partial charge in [-0.15, -0.1) is 0 Å². The van der Waals surface area contributed by atoms with Crippen LogP contribution in [0, 0.1) is 5.92 Å². The highest BCUT2D eigenvalue weighted by molar-refractivity contribution is 9.18. The minimum absolute atomic E-state index is 0.165. The molecule has 0 bridgehead atoms. The molecular weight excluding hydrogens is 458 g/mol. The second-order valence-electron chi connectivity index (χ2n) is 7.57. The van der Waals surface area contributed by atoms with E-state index in [-0.39, 0.29) is 18.0 Å². The van der Waals surface area contributed by atoms with Gasteiger partial charge in [0.05, 0.1) is 16.3 Å². The molecule has 1 aromatic carbocycles. The van der Waals surface area contributed by atoms with Gasteiger partial charge in [0.25, 0.3) is 5.56 Å². The first-order valence-corrected chi connectivity index (χ1v) is 10.9. The molecule has 1 aliphatic rings. The Bertz CT molecular complexity index is 1030. The molecule has 0 fully saturated rings. The number of aliphatic hydroxyl groups is 1. The quantitative estimate of drug-likeness (QED) is 0.683. The third-order valence-corrected chi connectivity index (χ3v) is 6.44. The number of aryl methyl sites for hydroxylation is 1. The van der Waals surface area contributed by atoms with Crippen molar-refractivity contribution >= 4 is 38.0 Å². The number of aliphatic imine (C=N–C) groups is 1. The summed E-state index contributed by atoms with van der Waals surface area (Å²) in [5, 5.41) is 10.2. The number of aliphatic hydroxyl groups excluding tert-OH is 1. The number of rotatable bonds is 6. The fraction of sp³-hybridized carbons (Fsp3) is 0.476. The van der Waals surface area contributed by atoms with Crippen LogP contribution in [-0.4, -0.2) is 25.0 Å². The summed E-state index contributed by atoms with van der Waals surface area (Å²) in [6.45, 7) is 1.84. The monoisotopic (exact) mass is 481 g/mol. The maximum atomic E-state index is 12.9. The Morgan fingerprint density at radius 2 is 2.00 bits per heavy atom. The van der Waals surface area contributed by atoms with Crippen LogP contribution in [0.15, 0.2) is 38.8 Å². The van der Waals surface area contributed by atoms with E-state index in [4.69, 9.17) is 11.6 Å². The summed E-state index contributed by atoms with van der Waals surface area (Å²) in [6.07, 6.45) is 2.86. The molecule has 0 spiro atoms. The second kappa shape index (κ2) is 9.41. The molecule has 2 heterocycles. The van der Waals surface area contributed by atoms with Gasteiger partial charge in [-0.05, 0) is 72.7 Å². The van der Waals surface area contributed by atoms with Crippen LogP contribution in [0.25, 0.3) is 0 Å². The van der Waals surface area contributed by atoms with Crippen molar-refractivity contribution in [3.63, 3.8) is 0 Å². The average Bonchev–Trinajstić information content (AvgIpc) is 2.84. The van der Waals surface area contributed by atoms with Gasteiger partial charge in [0.2, 0.25) is 0 Å². The first-order chi connectivity index (χ1) is 13.8. The van der Waals surface area contributed by atoms with E-state index in [0.29, 0.717) is 29.2 Å². The Balaban J connectivity index is 1.85. The highest BCUT2D eigenvalue weighted by Gasteiger charge is 2.24. The first-order valence-electron chi connectivity index (χ1n) is 9.77. The van der Waals surface area contributed by atoms with Gasteiger partial charge in [-0.2, -0.15) is 0 Å². The predicted molar refractivity (Wildman–Crippen MR) is 120 cm³/mol. The number of aromatic nitrogens is 2. The number of benzene rings is 1. The van der Waals surface area contributed by atoms with Crippen molar-refractivity contribution < 1.29 is 5.11 Å². The fourth-order valence-electron chi connectivity index (χ4n) is 3.58. The molecule has 0 radical (unpaired) electrons. The molecular formula is C21H25BrClN3O3. The molecule has 6 nitrogen and oxygen atoms in total. The van der Waals surface area contributed by atoms with Gasteiger partial charge in [0, 0.05) is 24.5 Å². The van der Waals surface area contributed by atoms with Gasteiger partial charge in [0.15, 0.2) is 0 Å². The Labute approximate surface area is 183 Å². The van der Waals surface area contributed by atoms with Gasteiger partial charge in [-0.1, -0.05) is 23.7 Å². The van der Waals surface area contributed by atoms with Crippen LogP contribution in [0.1, 0.15) is 37.3 Å². The van der Waals surface area contributed by atoms with Gasteiger partial charge in [0.1, 0.15) is 5.82 Å². The topological polar surface area (TPSA) is 76.6 Å². The SMILES string of the molecule is CC(O)CCn1c(=O)c2c(n(C)c1=O)N=C(Br)C(CCc1ccc(Cl)cc1)CC2. The van der Waals surface area contributed by atoms with E-state index < -0.39 is 11.8 Å². The summed E-state index contributed by atoms with van der Waals surface area (Å²) in [5.41, 5.74) is 1.05. The Kier molecular flexibility index (Phi) is 7.14. The first kappa shape index (κ1) is 22.0. The largest absolute Gasteiger partial charge is 0.393 e. The molecule has 2 unspecified atom stereocenters. The summed E-state index contributed by atoms with van der Waals surface area (Å²) in [7, 11) is 1.64. The number of nitrogens with zero attached hydrogens (tertiary/aromatic N) is 3. The maximum Gasteiger partial charge on any atom is 0.332 e. The lowest BCUT2D eigenvalue weighted by Gasteiger charge is -2.13. The van der Waals surface area contributed by atoms with E-state index in [1.54, 1.807) is 14.0 Å². The molecule has 156 valence electrons. The van der Waals surface area contributed by atoms with Gasteiger partial charge >= 0.3 is 5.69 Å². The fourth-order valence-corrected chi connectivity index (χ4v) is 4.33. The van der Waals surface area contributed by atoms with Crippen molar-refractivity contribution in [1.82, 2.24) is 9.13 Å². The van der Waals surface area contributed by atoms with Crippen LogP contribution in [-0.2, 0) is 26.4 Å². The van der Waals surface area contributed by atoms with Crippen LogP contribution in [0.2, 0.25) is 5.02 Å². The minimum Gasteiger partial charge on any atom is -0.393 e. The molecule has 1 N–H and O–H groups in total. The predicted octanol–water partition coefficient (Wildman–Crippen LogP) is 3.59. The molecule has 2 atom stereocenters. The number of hydrogen-bond acceptors (Lipinski definition) is 4. The molecule has 1 aliphatic heterocycles. The lowest BCUT2D eigenvalue weighted by molar-refractivity contribution is 0.176. The van der Waals surface area contributed by atoms with Gasteiger partial charge < -0.3 is 5.11 Å². The van der Waals surface area contributed by atoms with Crippen molar-refractivity contribution in [1.29, 1.82) is 0 Å². The van der Waals surface area contributed by atoms with E-state index in [1.807, 2.05) is 24.3 Å². The zero-order chi connectivity index (χ0) is 21.1. The van der Waals surface area contributed by atoms with Crippen LogP contribution >= 0.6 is 27.5 Å². The lowest BCUT2D eigenvalue weighted by Crippen LogP contribution is -2.41. The second-order valence-corrected chi connectivity index (χ2v) is 8.82. The third-order valence-electron chi connectivity index (χ3n) is 5.37. The number of halogens is 2. The normalized spacial score (nSPS) is 17.4. The summed E-state index contributed by atoms with van der Waals surface area (Å²) in [6, 6.07) is 7.80. The van der Waals surface area contributed by atoms with E-state index >= 15 is 0 Å². The van der Waals surface area contributed by atoms with Crippen molar-refractivity contribution in [3.8, 4) is 0 Å². The van der Waals surface area contributed by atoms with E-state index in [0.717, 1.165) is 23.9 Å². The molecule has 0 saturated carbocycles. The maximum absolute atomic E-state index is 12.9. The Morgan fingerprint density at radius 3 is 2.66 bits per heavy atom. The molecule has 2 aromatic rings. The Morgan fingerprint density at radius 1 is 1.31 bits per heavy atom. The van der Waals surface area contributed by atoms with Crippen molar-refractivity contribution in [2.24, 2.45) is 18.0 Å². The van der Waals surface area contributed by atoms with Crippen LogP contribution in [0.4, 0.5) is 5.82 Å². The van der Waals surface area contributed by atoms with E-state index in [2.05, 4.69) is 20.9 Å². The molecule has 0 saturated heterocycles. The summed E-state index contributed by atoms with van der Waals surface area (Å²) >= 11 is 9.53. The van der Waals surface area contributed by atoms with Crippen LogP contribution < -0.4 is 11.2 Å². The summed E-state index contributed by atoms with van der Waals surface area (Å²) in [4.78, 5) is 30.2. The molecule has 3 rings (SSSR count). The van der Waals surface area contributed by atoms with E-state index in [1.165, 1.54) is 14.7 Å². The highest BCUT2D eigenvalue weighted by Crippen LogP contribution is 2.29. The molecule has 8 heteroatoms. The average molecular weight is 483 g/mol. The standard InChI is InChI=1S/C21H25BrClN3O3/c1-13(27)11-12-26-20(28)17-10-7-15(6-3-14-4-8-16(23)9-5-14)18(22)24-19(17)25(2)21(26)29/h4-5,8-9,13,15,27H,3,6-7,10-12H2,1-2H3. The third kappa shape index (κ3) is 5.08. The molecule has 0 amide bonds. The van der Waals surface area contributed by atoms with Crippen molar-refractivity contribution in [2.45, 2.75) is 51.7 Å². The zero-order valence-corrected chi connectivity index (χ0v) is 18.9. The summed E-state index contributed by atoms with van der Waals surface area (Å²) < 4.78 is 3.41. The van der Waals surface area contributed by atoms with Gasteiger partial charge in [-0.25, -0.2) is 9.79 Å². The van der Waals surface area contributed by atoms with Crippen LogP contribution in [0.3, 0.4) is 0 Å². The highest BCUT2D eigenvalue weighted by atomic mass is 79.9. The van der Waals surface area contributed by atoms with Crippen LogP contribution in [0.5, 0.6) is 0 Å². The molecule has 0 aliphatic carbocycles. The minimum atomic E-state index is -0.574. The number of fused-ring (bicyclic) bond motifs is 1. The van der Waals surface area contributed by atoms with E-state index in [9.17, 15) is 14.7 Å². The van der Waals surface area contributed by atoms with Gasteiger partial charge in [-0.3, -0.25) is 13.9 Å². The molecule has 1 aromatic heterocycles. The number of hydrogen-bond donors (Lipinski definition) is 1. The Hall–Kier alpha value is -1.70. The van der Waals surface area contributed by atoms with Crippen molar-refractivity contribution in [2.75, 3.05) is 0 Å².